The lowest BCUT2D eigenvalue weighted by atomic mass is 9.82. The molecule has 0 atom stereocenters. The molecule has 2 rings (SSSR count). The minimum atomic E-state index is -1.18. The first kappa shape index (κ1) is 14.6. The molecule has 1 aromatic rings. The molecule has 0 aromatic heterocycles. The van der Waals surface area contributed by atoms with Gasteiger partial charge in [0.1, 0.15) is 11.4 Å². The van der Waals surface area contributed by atoms with E-state index in [4.69, 9.17) is 5.73 Å². The second-order valence-electron chi connectivity index (χ2n) is 5.54. The van der Waals surface area contributed by atoms with Crippen LogP contribution in [-0.2, 0) is 0 Å². The van der Waals surface area contributed by atoms with Crippen molar-refractivity contribution in [1.29, 1.82) is 0 Å². The van der Waals surface area contributed by atoms with Gasteiger partial charge in [-0.1, -0.05) is 13.8 Å². The van der Waals surface area contributed by atoms with Crippen LogP contribution in [0.15, 0.2) is 12.1 Å². The molecule has 0 amide bonds. The van der Waals surface area contributed by atoms with Crippen LogP contribution >= 0.6 is 0 Å². The summed E-state index contributed by atoms with van der Waals surface area (Å²) in [5.74, 6) is -1.86. The lowest BCUT2D eigenvalue weighted by Gasteiger charge is -2.28. The number of anilines is 2. The van der Waals surface area contributed by atoms with Crippen molar-refractivity contribution in [3.63, 3.8) is 0 Å². The van der Waals surface area contributed by atoms with Crippen LogP contribution in [0.3, 0.4) is 0 Å². The standard InChI is InChI=1S/C15H21FN2O2/c1-3-15(4-2)7-8-18(9-15)11-6-5-10(16)13(17)12(11)14(19)20/h5-6H,3-4,7-9,17H2,1-2H3,(H,19,20). The third kappa shape index (κ3) is 2.32. The largest absolute Gasteiger partial charge is 0.478 e. The Labute approximate surface area is 118 Å². The monoisotopic (exact) mass is 280 g/mol. The number of carboxylic acids is 1. The average molecular weight is 280 g/mol. The van der Waals surface area contributed by atoms with Gasteiger partial charge in [-0.25, -0.2) is 9.18 Å². The highest BCUT2D eigenvalue weighted by molar-refractivity contribution is 6.00. The number of aromatic carboxylic acids is 1. The zero-order valence-electron chi connectivity index (χ0n) is 11.9. The van der Waals surface area contributed by atoms with Crippen molar-refractivity contribution < 1.29 is 14.3 Å². The molecule has 1 heterocycles. The van der Waals surface area contributed by atoms with Crippen molar-refractivity contribution in [2.75, 3.05) is 23.7 Å². The fourth-order valence-corrected chi connectivity index (χ4v) is 3.04. The van der Waals surface area contributed by atoms with Crippen molar-refractivity contribution in [2.24, 2.45) is 5.41 Å². The van der Waals surface area contributed by atoms with Crippen molar-refractivity contribution >= 4 is 17.3 Å². The van der Waals surface area contributed by atoms with Gasteiger partial charge in [0, 0.05) is 13.1 Å². The van der Waals surface area contributed by atoms with Gasteiger partial charge in [0.2, 0.25) is 0 Å². The van der Waals surface area contributed by atoms with Crippen LogP contribution in [0.4, 0.5) is 15.8 Å². The Morgan fingerprint density at radius 3 is 2.60 bits per heavy atom. The van der Waals surface area contributed by atoms with Crippen LogP contribution in [0.25, 0.3) is 0 Å². The third-order valence-corrected chi connectivity index (χ3v) is 4.66. The smallest absolute Gasteiger partial charge is 0.340 e. The molecule has 4 nitrogen and oxygen atoms in total. The van der Waals surface area contributed by atoms with E-state index in [1.807, 2.05) is 4.90 Å². The summed E-state index contributed by atoms with van der Waals surface area (Å²) in [4.78, 5) is 13.4. The number of nitrogens with zero attached hydrogens (tertiary/aromatic N) is 1. The molecule has 3 N–H and O–H groups in total. The summed E-state index contributed by atoms with van der Waals surface area (Å²) in [6.45, 7) is 5.90. The fraction of sp³-hybridized carbons (Fsp3) is 0.533. The summed E-state index contributed by atoms with van der Waals surface area (Å²) in [6, 6.07) is 2.77. The Bertz CT molecular complexity index is 527. The molecule has 0 saturated carbocycles. The number of carboxylic acid groups (broad SMARTS) is 1. The van der Waals surface area contributed by atoms with Crippen molar-refractivity contribution in [3.8, 4) is 0 Å². The maximum absolute atomic E-state index is 13.5. The van der Waals surface area contributed by atoms with Crippen LogP contribution in [0, 0.1) is 11.2 Å². The number of rotatable bonds is 4. The molecule has 5 heteroatoms. The molecule has 0 radical (unpaired) electrons. The summed E-state index contributed by atoms with van der Waals surface area (Å²) < 4.78 is 13.5. The van der Waals surface area contributed by atoms with Gasteiger partial charge in [0.15, 0.2) is 0 Å². The zero-order valence-corrected chi connectivity index (χ0v) is 11.9. The molecule has 0 spiro atoms. The predicted octanol–water partition coefficient (Wildman–Crippen LogP) is 3.12. The van der Waals surface area contributed by atoms with E-state index in [0.717, 1.165) is 32.4 Å². The van der Waals surface area contributed by atoms with E-state index in [1.54, 1.807) is 0 Å². The summed E-state index contributed by atoms with van der Waals surface area (Å²) in [7, 11) is 0. The summed E-state index contributed by atoms with van der Waals surface area (Å²) in [5.41, 5.74) is 5.96. The highest BCUT2D eigenvalue weighted by Gasteiger charge is 2.36. The second-order valence-corrected chi connectivity index (χ2v) is 5.54. The van der Waals surface area contributed by atoms with Crippen LogP contribution in [0.1, 0.15) is 43.5 Å². The average Bonchev–Trinajstić information content (AvgIpc) is 2.86. The van der Waals surface area contributed by atoms with Crippen LogP contribution in [-0.4, -0.2) is 24.2 Å². The summed E-state index contributed by atoms with van der Waals surface area (Å²) in [6.07, 6.45) is 3.13. The Kier molecular flexibility index (Phi) is 3.88. The van der Waals surface area contributed by atoms with E-state index in [1.165, 1.54) is 12.1 Å². The SMILES string of the molecule is CCC1(CC)CCN(c2ccc(F)c(N)c2C(=O)O)C1. The van der Waals surface area contributed by atoms with Crippen molar-refractivity contribution in [3.05, 3.63) is 23.5 Å². The maximum atomic E-state index is 13.5. The van der Waals surface area contributed by atoms with E-state index in [2.05, 4.69) is 13.8 Å². The molecular formula is C15H21FN2O2. The molecule has 1 saturated heterocycles. The molecule has 1 aliphatic rings. The molecule has 0 unspecified atom stereocenters. The van der Waals surface area contributed by atoms with Gasteiger partial charge in [0.25, 0.3) is 0 Å². The Hall–Kier alpha value is -1.78. The number of benzene rings is 1. The van der Waals surface area contributed by atoms with E-state index in [9.17, 15) is 14.3 Å². The number of nitrogens with two attached hydrogens (primary N) is 1. The van der Waals surface area contributed by atoms with Crippen molar-refractivity contribution in [2.45, 2.75) is 33.1 Å². The van der Waals surface area contributed by atoms with Crippen LogP contribution in [0.5, 0.6) is 0 Å². The van der Waals surface area contributed by atoms with E-state index < -0.39 is 11.8 Å². The number of carbonyl (C=O) groups is 1. The molecular weight excluding hydrogens is 259 g/mol. The topological polar surface area (TPSA) is 66.6 Å². The number of hydrogen-bond acceptors (Lipinski definition) is 3. The van der Waals surface area contributed by atoms with Gasteiger partial charge in [-0.2, -0.15) is 0 Å². The first-order valence-corrected chi connectivity index (χ1v) is 7.00. The summed E-state index contributed by atoms with van der Waals surface area (Å²) >= 11 is 0. The number of hydrogen-bond donors (Lipinski definition) is 2. The van der Waals surface area contributed by atoms with Crippen molar-refractivity contribution in [1.82, 2.24) is 0 Å². The predicted molar refractivity (Wildman–Crippen MR) is 77.6 cm³/mol. The Morgan fingerprint density at radius 2 is 2.10 bits per heavy atom. The lowest BCUT2D eigenvalue weighted by molar-refractivity contribution is 0.0698. The van der Waals surface area contributed by atoms with E-state index in [0.29, 0.717) is 5.69 Å². The zero-order chi connectivity index (χ0) is 14.9. The maximum Gasteiger partial charge on any atom is 0.340 e. The normalized spacial score (nSPS) is 17.4. The first-order chi connectivity index (χ1) is 9.44. The minimum absolute atomic E-state index is 0.118. The van der Waals surface area contributed by atoms with Gasteiger partial charge < -0.3 is 15.7 Å². The van der Waals surface area contributed by atoms with Crippen LogP contribution < -0.4 is 10.6 Å². The summed E-state index contributed by atoms with van der Waals surface area (Å²) in [5, 5.41) is 9.30. The third-order valence-electron chi connectivity index (χ3n) is 4.66. The first-order valence-electron chi connectivity index (χ1n) is 7.00. The molecule has 1 fully saturated rings. The van der Waals surface area contributed by atoms with E-state index in [-0.39, 0.29) is 16.7 Å². The van der Waals surface area contributed by atoms with Gasteiger partial charge in [-0.3, -0.25) is 0 Å². The highest BCUT2D eigenvalue weighted by Crippen LogP contribution is 2.41. The fourth-order valence-electron chi connectivity index (χ4n) is 3.04. The number of nitrogen functional groups attached to an aromatic ring is 1. The van der Waals surface area contributed by atoms with E-state index >= 15 is 0 Å². The van der Waals surface area contributed by atoms with Gasteiger partial charge in [-0.05, 0) is 36.8 Å². The quantitative estimate of drug-likeness (QED) is 0.832. The van der Waals surface area contributed by atoms with Gasteiger partial charge in [-0.15, -0.1) is 0 Å². The highest BCUT2D eigenvalue weighted by atomic mass is 19.1. The minimum Gasteiger partial charge on any atom is -0.478 e. The number of halogens is 1. The molecule has 0 bridgehead atoms. The molecule has 1 aliphatic heterocycles. The lowest BCUT2D eigenvalue weighted by Crippen LogP contribution is -2.27. The molecule has 20 heavy (non-hydrogen) atoms. The molecule has 110 valence electrons. The van der Waals surface area contributed by atoms with Crippen LogP contribution in [0.2, 0.25) is 0 Å². The molecule has 0 aliphatic carbocycles. The second kappa shape index (κ2) is 5.31. The van der Waals surface area contributed by atoms with Gasteiger partial charge >= 0.3 is 5.97 Å². The Balaban J connectivity index is 2.40. The molecule has 1 aromatic carbocycles. The van der Waals surface area contributed by atoms with Gasteiger partial charge in [0.05, 0.1) is 11.4 Å². The Morgan fingerprint density at radius 1 is 1.45 bits per heavy atom.